The van der Waals surface area contributed by atoms with Gasteiger partial charge in [0.05, 0.1) is 6.54 Å². The standard InChI is InChI=1S/C9H9BrF3N/c10-7-4-2-1-3-6(7)8(11)9(12,13)5-14/h1-4,8H,5,14H2. The minimum atomic E-state index is -3.52. The third kappa shape index (κ3) is 2.27. The molecule has 1 nitrogen and oxygen atoms in total. The average molecular weight is 268 g/mol. The van der Waals surface area contributed by atoms with Gasteiger partial charge in [-0.05, 0) is 6.07 Å². The molecule has 0 radical (unpaired) electrons. The first-order valence-corrected chi connectivity index (χ1v) is 4.74. The van der Waals surface area contributed by atoms with Crippen LogP contribution in [0.25, 0.3) is 0 Å². The molecular weight excluding hydrogens is 259 g/mol. The summed E-state index contributed by atoms with van der Waals surface area (Å²) in [5.41, 5.74) is 4.71. The van der Waals surface area contributed by atoms with Gasteiger partial charge in [0.2, 0.25) is 0 Å². The Labute approximate surface area is 88.2 Å². The number of hydrogen-bond acceptors (Lipinski definition) is 1. The maximum absolute atomic E-state index is 13.3. The number of benzene rings is 1. The average Bonchev–Trinajstić information content (AvgIpc) is 2.17. The van der Waals surface area contributed by atoms with Gasteiger partial charge in [-0.2, -0.15) is 0 Å². The molecular formula is C9H9BrF3N. The fourth-order valence-corrected chi connectivity index (χ4v) is 1.50. The van der Waals surface area contributed by atoms with E-state index in [1.807, 2.05) is 0 Å². The van der Waals surface area contributed by atoms with Gasteiger partial charge < -0.3 is 5.73 Å². The summed E-state index contributed by atoms with van der Waals surface area (Å²) in [4.78, 5) is 0. The van der Waals surface area contributed by atoms with E-state index in [9.17, 15) is 13.2 Å². The van der Waals surface area contributed by atoms with Crippen LogP contribution in [0.5, 0.6) is 0 Å². The normalized spacial score (nSPS) is 14.1. The lowest BCUT2D eigenvalue weighted by molar-refractivity contribution is -0.0653. The van der Waals surface area contributed by atoms with Crippen molar-refractivity contribution in [2.75, 3.05) is 6.54 Å². The zero-order chi connectivity index (χ0) is 10.8. The van der Waals surface area contributed by atoms with Crippen molar-refractivity contribution in [1.29, 1.82) is 0 Å². The predicted octanol–water partition coefficient (Wildman–Crippen LogP) is 3.05. The van der Waals surface area contributed by atoms with E-state index in [4.69, 9.17) is 5.73 Å². The zero-order valence-corrected chi connectivity index (χ0v) is 8.77. The van der Waals surface area contributed by atoms with Crippen LogP contribution in [0.4, 0.5) is 13.2 Å². The second kappa shape index (κ2) is 4.31. The van der Waals surface area contributed by atoms with Crippen LogP contribution in [0.15, 0.2) is 28.7 Å². The molecule has 14 heavy (non-hydrogen) atoms. The highest BCUT2D eigenvalue weighted by Gasteiger charge is 2.40. The van der Waals surface area contributed by atoms with E-state index in [0.717, 1.165) is 0 Å². The molecule has 0 aliphatic heterocycles. The molecule has 0 fully saturated rings. The maximum atomic E-state index is 13.3. The quantitative estimate of drug-likeness (QED) is 0.895. The van der Waals surface area contributed by atoms with E-state index >= 15 is 0 Å². The SMILES string of the molecule is NCC(F)(F)C(F)c1ccccc1Br. The summed E-state index contributed by atoms with van der Waals surface area (Å²) in [5, 5.41) is 0. The van der Waals surface area contributed by atoms with Gasteiger partial charge in [0.15, 0.2) is 6.17 Å². The minimum absolute atomic E-state index is 0.0806. The second-order valence-corrected chi connectivity index (χ2v) is 3.70. The molecule has 0 spiro atoms. The van der Waals surface area contributed by atoms with Crippen LogP contribution >= 0.6 is 15.9 Å². The van der Waals surface area contributed by atoms with Crippen molar-refractivity contribution in [3.8, 4) is 0 Å². The molecule has 0 saturated heterocycles. The van der Waals surface area contributed by atoms with E-state index in [0.29, 0.717) is 4.47 Å². The number of alkyl halides is 3. The smallest absolute Gasteiger partial charge is 0.294 e. The van der Waals surface area contributed by atoms with Crippen LogP contribution in [0.2, 0.25) is 0 Å². The lowest BCUT2D eigenvalue weighted by Crippen LogP contribution is -2.32. The Morgan fingerprint density at radius 2 is 1.93 bits per heavy atom. The van der Waals surface area contributed by atoms with Crippen LogP contribution < -0.4 is 5.73 Å². The van der Waals surface area contributed by atoms with Crippen molar-refractivity contribution in [3.05, 3.63) is 34.3 Å². The van der Waals surface area contributed by atoms with Crippen molar-refractivity contribution in [1.82, 2.24) is 0 Å². The molecule has 1 atom stereocenters. The number of hydrogen-bond donors (Lipinski definition) is 1. The molecule has 0 aliphatic carbocycles. The van der Waals surface area contributed by atoms with Gasteiger partial charge in [0, 0.05) is 10.0 Å². The molecule has 0 bridgehead atoms. The van der Waals surface area contributed by atoms with E-state index < -0.39 is 18.6 Å². The monoisotopic (exact) mass is 267 g/mol. The molecule has 5 heteroatoms. The van der Waals surface area contributed by atoms with Crippen molar-refractivity contribution < 1.29 is 13.2 Å². The molecule has 0 aromatic heterocycles. The molecule has 0 heterocycles. The highest BCUT2D eigenvalue weighted by Crippen LogP contribution is 2.37. The van der Waals surface area contributed by atoms with Gasteiger partial charge in [-0.25, -0.2) is 13.2 Å². The predicted molar refractivity (Wildman–Crippen MR) is 52.0 cm³/mol. The number of nitrogens with two attached hydrogens (primary N) is 1. The minimum Gasteiger partial charge on any atom is -0.325 e. The Balaban J connectivity index is 3.00. The van der Waals surface area contributed by atoms with E-state index in [1.165, 1.54) is 18.2 Å². The summed E-state index contributed by atoms with van der Waals surface area (Å²) in [7, 11) is 0. The van der Waals surface area contributed by atoms with Crippen molar-refractivity contribution in [3.63, 3.8) is 0 Å². The maximum Gasteiger partial charge on any atom is 0.294 e. The van der Waals surface area contributed by atoms with Crippen LogP contribution in [0.1, 0.15) is 11.7 Å². The van der Waals surface area contributed by atoms with Gasteiger partial charge >= 0.3 is 0 Å². The molecule has 1 aromatic rings. The molecule has 1 rings (SSSR count). The summed E-state index contributed by atoms with van der Waals surface area (Å²) >= 11 is 3.00. The molecule has 1 aromatic carbocycles. The van der Waals surface area contributed by atoms with E-state index in [1.54, 1.807) is 6.07 Å². The fraction of sp³-hybridized carbons (Fsp3) is 0.333. The Morgan fingerprint density at radius 3 is 2.43 bits per heavy atom. The molecule has 2 N–H and O–H groups in total. The summed E-state index contributed by atoms with van der Waals surface area (Å²) in [5.74, 6) is -3.52. The van der Waals surface area contributed by atoms with E-state index in [2.05, 4.69) is 15.9 Å². The summed E-state index contributed by atoms with van der Waals surface area (Å²) in [6.45, 7) is -1.00. The third-order valence-corrected chi connectivity index (χ3v) is 2.54. The lowest BCUT2D eigenvalue weighted by Gasteiger charge is -2.19. The van der Waals surface area contributed by atoms with Gasteiger partial charge in [-0.1, -0.05) is 34.1 Å². The molecule has 0 amide bonds. The largest absolute Gasteiger partial charge is 0.325 e. The van der Waals surface area contributed by atoms with Gasteiger partial charge in [-0.15, -0.1) is 0 Å². The van der Waals surface area contributed by atoms with Gasteiger partial charge in [0.25, 0.3) is 5.92 Å². The van der Waals surface area contributed by atoms with Crippen LogP contribution in [0.3, 0.4) is 0 Å². The lowest BCUT2D eigenvalue weighted by atomic mass is 10.1. The fourth-order valence-electron chi connectivity index (χ4n) is 1.01. The highest BCUT2D eigenvalue weighted by atomic mass is 79.9. The first kappa shape index (κ1) is 11.5. The van der Waals surface area contributed by atoms with Crippen molar-refractivity contribution in [2.45, 2.75) is 12.1 Å². The van der Waals surface area contributed by atoms with Crippen molar-refractivity contribution in [2.24, 2.45) is 5.73 Å². The van der Waals surface area contributed by atoms with Gasteiger partial charge in [-0.3, -0.25) is 0 Å². The van der Waals surface area contributed by atoms with Crippen LogP contribution in [-0.4, -0.2) is 12.5 Å². The molecule has 1 unspecified atom stereocenters. The number of rotatable bonds is 3. The van der Waals surface area contributed by atoms with Crippen LogP contribution in [0, 0.1) is 0 Å². The molecule has 0 saturated carbocycles. The summed E-state index contributed by atoms with van der Waals surface area (Å²) in [6.07, 6.45) is -2.37. The highest BCUT2D eigenvalue weighted by molar-refractivity contribution is 9.10. The van der Waals surface area contributed by atoms with E-state index in [-0.39, 0.29) is 5.56 Å². The topological polar surface area (TPSA) is 26.0 Å². The summed E-state index contributed by atoms with van der Waals surface area (Å²) in [6, 6.07) is 5.94. The molecule has 0 aliphatic rings. The first-order valence-electron chi connectivity index (χ1n) is 3.95. The van der Waals surface area contributed by atoms with Crippen LogP contribution in [-0.2, 0) is 0 Å². The van der Waals surface area contributed by atoms with Crippen molar-refractivity contribution >= 4 is 15.9 Å². The molecule has 78 valence electrons. The van der Waals surface area contributed by atoms with Gasteiger partial charge in [0.1, 0.15) is 0 Å². The third-order valence-electron chi connectivity index (χ3n) is 1.82. The first-order chi connectivity index (χ1) is 6.49. The second-order valence-electron chi connectivity index (χ2n) is 2.85. The number of halogens is 4. The zero-order valence-electron chi connectivity index (χ0n) is 7.18. The Morgan fingerprint density at radius 1 is 1.36 bits per heavy atom. The Hall–Kier alpha value is -0.550. The Kier molecular flexibility index (Phi) is 3.55. The Bertz CT molecular complexity index is 317. The summed E-state index contributed by atoms with van der Waals surface area (Å²) < 4.78 is 39.4.